The van der Waals surface area contributed by atoms with Crippen molar-refractivity contribution in [2.24, 2.45) is 0 Å². The lowest BCUT2D eigenvalue weighted by atomic mass is 10.2. The van der Waals surface area contributed by atoms with E-state index >= 15 is 0 Å². The standard InChI is InChI=1S/C12H9ClFN3O2S/c1-7-5-9(14)3-4-11(7)17-12(20(13,18)19)10(6-15)8(2)16-17/h3-5H,1-2H3. The fourth-order valence-corrected chi connectivity index (χ4v) is 3.09. The summed E-state index contributed by atoms with van der Waals surface area (Å²) in [5.41, 5.74) is 0.924. The largest absolute Gasteiger partial charge is 0.280 e. The van der Waals surface area contributed by atoms with Crippen molar-refractivity contribution < 1.29 is 12.8 Å². The quantitative estimate of drug-likeness (QED) is 0.798. The number of hydrogen-bond acceptors (Lipinski definition) is 4. The van der Waals surface area contributed by atoms with Crippen LogP contribution in [-0.2, 0) is 9.05 Å². The van der Waals surface area contributed by atoms with Gasteiger partial charge in [0.2, 0.25) is 0 Å². The predicted molar refractivity (Wildman–Crippen MR) is 70.7 cm³/mol. The molecule has 0 radical (unpaired) electrons. The van der Waals surface area contributed by atoms with Crippen LogP contribution in [0.1, 0.15) is 16.8 Å². The number of halogens is 2. The summed E-state index contributed by atoms with van der Waals surface area (Å²) in [6.07, 6.45) is 0. The molecular formula is C12H9ClFN3O2S. The number of aryl methyl sites for hydroxylation is 2. The van der Waals surface area contributed by atoms with Crippen LogP contribution in [0.15, 0.2) is 23.2 Å². The highest BCUT2D eigenvalue weighted by Crippen LogP contribution is 2.27. The Kier molecular flexibility index (Phi) is 3.54. The van der Waals surface area contributed by atoms with Gasteiger partial charge in [0.15, 0.2) is 5.03 Å². The number of nitriles is 1. The number of aromatic nitrogens is 2. The van der Waals surface area contributed by atoms with Crippen molar-refractivity contribution in [2.75, 3.05) is 0 Å². The molecule has 0 atom stereocenters. The summed E-state index contributed by atoms with van der Waals surface area (Å²) in [7, 11) is 1.21. The molecule has 0 amide bonds. The molecule has 0 N–H and O–H groups in total. The molecule has 0 aliphatic heterocycles. The van der Waals surface area contributed by atoms with Gasteiger partial charge in [-0.15, -0.1) is 0 Å². The Hall–Kier alpha value is -1.91. The van der Waals surface area contributed by atoms with Gasteiger partial charge in [-0.25, -0.2) is 17.5 Å². The Morgan fingerprint density at radius 1 is 1.40 bits per heavy atom. The van der Waals surface area contributed by atoms with Crippen molar-refractivity contribution in [2.45, 2.75) is 18.9 Å². The molecule has 0 saturated carbocycles. The Labute approximate surface area is 119 Å². The van der Waals surface area contributed by atoms with Gasteiger partial charge in [-0.3, -0.25) is 0 Å². The molecule has 0 unspecified atom stereocenters. The fourth-order valence-electron chi connectivity index (χ4n) is 1.88. The van der Waals surface area contributed by atoms with Crippen LogP contribution in [0, 0.1) is 31.0 Å². The molecule has 0 saturated heterocycles. The lowest BCUT2D eigenvalue weighted by Gasteiger charge is -2.08. The molecule has 2 rings (SSSR count). The van der Waals surface area contributed by atoms with Gasteiger partial charge in [-0.2, -0.15) is 10.4 Å². The third-order valence-corrected chi connectivity index (χ3v) is 4.03. The van der Waals surface area contributed by atoms with Crippen molar-refractivity contribution in [1.29, 1.82) is 5.26 Å². The van der Waals surface area contributed by atoms with E-state index in [1.54, 1.807) is 13.0 Å². The van der Waals surface area contributed by atoms with Crippen LogP contribution in [-0.4, -0.2) is 18.2 Å². The maximum atomic E-state index is 13.1. The summed E-state index contributed by atoms with van der Waals surface area (Å²) >= 11 is 0. The Morgan fingerprint density at radius 3 is 2.55 bits per heavy atom. The second-order valence-electron chi connectivity index (χ2n) is 4.16. The zero-order valence-electron chi connectivity index (χ0n) is 10.6. The molecule has 0 fully saturated rings. The average molecular weight is 314 g/mol. The molecule has 2 aromatic rings. The van der Waals surface area contributed by atoms with E-state index in [-0.39, 0.29) is 11.3 Å². The summed E-state index contributed by atoms with van der Waals surface area (Å²) in [4.78, 5) is 0. The molecular weight excluding hydrogens is 305 g/mol. The number of hydrogen-bond donors (Lipinski definition) is 0. The molecule has 0 aliphatic rings. The van der Waals surface area contributed by atoms with Crippen molar-refractivity contribution in [1.82, 2.24) is 9.78 Å². The topological polar surface area (TPSA) is 75.8 Å². The second-order valence-corrected chi connectivity index (χ2v) is 6.64. The summed E-state index contributed by atoms with van der Waals surface area (Å²) in [5.74, 6) is -0.453. The van der Waals surface area contributed by atoms with Gasteiger partial charge in [0, 0.05) is 10.7 Å². The van der Waals surface area contributed by atoms with E-state index in [0.717, 1.165) is 4.68 Å². The van der Waals surface area contributed by atoms with Crippen molar-refractivity contribution >= 4 is 19.7 Å². The highest BCUT2D eigenvalue weighted by molar-refractivity contribution is 8.13. The van der Waals surface area contributed by atoms with Gasteiger partial charge in [-0.05, 0) is 37.6 Å². The monoisotopic (exact) mass is 313 g/mol. The minimum atomic E-state index is -4.17. The first-order valence-corrected chi connectivity index (χ1v) is 7.77. The highest BCUT2D eigenvalue weighted by Gasteiger charge is 2.27. The van der Waals surface area contributed by atoms with Crippen LogP contribution in [0.3, 0.4) is 0 Å². The molecule has 0 bridgehead atoms. The van der Waals surface area contributed by atoms with Gasteiger partial charge < -0.3 is 0 Å². The Bertz CT molecular complexity index is 837. The van der Waals surface area contributed by atoms with Crippen LogP contribution < -0.4 is 0 Å². The summed E-state index contributed by atoms with van der Waals surface area (Å²) in [6.45, 7) is 3.10. The number of rotatable bonds is 2. The van der Waals surface area contributed by atoms with Gasteiger partial charge in [0.25, 0.3) is 9.05 Å². The summed E-state index contributed by atoms with van der Waals surface area (Å²) in [5, 5.41) is 12.7. The van der Waals surface area contributed by atoms with Crippen LogP contribution in [0.4, 0.5) is 4.39 Å². The Morgan fingerprint density at radius 2 is 2.05 bits per heavy atom. The molecule has 0 aliphatic carbocycles. The van der Waals surface area contributed by atoms with E-state index in [1.807, 2.05) is 0 Å². The van der Waals surface area contributed by atoms with E-state index in [1.165, 1.54) is 25.1 Å². The smallest absolute Gasteiger partial charge is 0.219 e. The van der Waals surface area contributed by atoms with Crippen LogP contribution >= 0.6 is 10.7 Å². The molecule has 1 aromatic carbocycles. The first-order valence-electron chi connectivity index (χ1n) is 5.46. The number of nitrogens with zero attached hydrogens (tertiary/aromatic N) is 3. The zero-order chi connectivity index (χ0) is 15.1. The van der Waals surface area contributed by atoms with Gasteiger partial charge in [0.1, 0.15) is 17.4 Å². The molecule has 1 aromatic heterocycles. The minimum absolute atomic E-state index is 0.122. The SMILES string of the molecule is Cc1cc(F)ccc1-n1nc(C)c(C#N)c1S(=O)(=O)Cl. The molecule has 1 heterocycles. The molecule has 0 spiro atoms. The first-order chi connectivity index (χ1) is 9.25. The average Bonchev–Trinajstić information content (AvgIpc) is 2.65. The molecule has 8 heteroatoms. The lowest BCUT2D eigenvalue weighted by molar-refractivity contribution is 0.598. The molecule has 5 nitrogen and oxygen atoms in total. The zero-order valence-corrected chi connectivity index (χ0v) is 12.1. The van der Waals surface area contributed by atoms with Crippen LogP contribution in [0.5, 0.6) is 0 Å². The van der Waals surface area contributed by atoms with E-state index in [4.69, 9.17) is 15.9 Å². The Balaban J connectivity index is 2.86. The van der Waals surface area contributed by atoms with Crippen molar-refractivity contribution in [3.05, 3.63) is 40.8 Å². The highest BCUT2D eigenvalue weighted by atomic mass is 35.7. The normalized spacial score (nSPS) is 11.3. The van der Waals surface area contributed by atoms with Crippen molar-refractivity contribution in [3.8, 4) is 11.8 Å². The van der Waals surface area contributed by atoms with Gasteiger partial charge in [-0.1, -0.05) is 0 Å². The van der Waals surface area contributed by atoms with E-state index in [2.05, 4.69) is 5.10 Å². The maximum Gasteiger partial charge on any atom is 0.280 e. The summed E-state index contributed by atoms with van der Waals surface area (Å²) < 4.78 is 37.5. The third kappa shape index (κ3) is 2.40. The van der Waals surface area contributed by atoms with E-state index in [0.29, 0.717) is 11.3 Å². The lowest BCUT2D eigenvalue weighted by Crippen LogP contribution is -2.07. The van der Waals surface area contributed by atoms with Gasteiger partial charge in [0.05, 0.1) is 11.4 Å². The predicted octanol–water partition coefficient (Wildman–Crippen LogP) is 2.43. The third-order valence-electron chi connectivity index (χ3n) is 2.75. The molecule has 104 valence electrons. The van der Waals surface area contributed by atoms with E-state index in [9.17, 15) is 12.8 Å². The first kappa shape index (κ1) is 14.5. The van der Waals surface area contributed by atoms with Crippen LogP contribution in [0.2, 0.25) is 0 Å². The van der Waals surface area contributed by atoms with E-state index < -0.39 is 19.9 Å². The number of benzene rings is 1. The second kappa shape index (κ2) is 4.89. The minimum Gasteiger partial charge on any atom is -0.219 e. The van der Waals surface area contributed by atoms with Gasteiger partial charge >= 0.3 is 0 Å². The van der Waals surface area contributed by atoms with Crippen molar-refractivity contribution in [3.63, 3.8) is 0 Å². The summed E-state index contributed by atoms with van der Waals surface area (Å²) in [6, 6.07) is 5.56. The molecule has 20 heavy (non-hydrogen) atoms. The fraction of sp³-hybridized carbons (Fsp3) is 0.167. The maximum absolute atomic E-state index is 13.1. The van der Waals surface area contributed by atoms with Crippen LogP contribution in [0.25, 0.3) is 5.69 Å².